The number of cyclic esters (lactones) is 1. The van der Waals surface area contributed by atoms with Crippen LogP contribution in [0.3, 0.4) is 0 Å². The second kappa shape index (κ2) is 9.38. The molecule has 0 aliphatic carbocycles. The molecule has 0 radical (unpaired) electrons. The van der Waals surface area contributed by atoms with Crippen molar-refractivity contribution in [3.05, 3.63) is 59.7 Å². The minimum atomic E-state index is -0.527. The molecule has 6 nitrogen and oxygen atoms in total. The Hall–Kier alpha value is -3.15. The molecule has 1 N–H and O–H groups in total. The van der Waals surface area contributed by atoms with Crippen molar-refractivity contribution in [3.63, 3.8) is 0 Å². The number of hydrogen-bond acceptors (Lipinski definition) is 4. The van der Waals surface area contributed by atoms with Crippen LogP contribution in [0.5, 0.6) is 0 Å². The third-order valence-electron chi connectivity index (χ3n) is 6.56. The SMILES string of the molecule is Cc1ccc(-c2ccccc2C[C@@H]2CN(C(=O)C[C@@H]3CC(C)(C)OC3=O)CCNC2=O)cc1. The molecule has 0 unspecified atom stereocenters. The van der Waals surface area contributed by atoms with E-state index in [4.69, 9.17) is 4.74 Å². The first-order valence-electron chi connectivity index (χ1n) is 11.6. The molecular weight excluding hydrogens is 416 g/mol. The van der Waals surface area contributed by atoms with E-state index in [0.29, 0.717) is 32.5 Å². The lowest BCUT2D eigenvalue weighted by molar-refractivity contribution is -0.150. The van der Waals surface area contributed by atoms with E-state index in [0.717, 1.165) is 16.7 Å². The van der Waals surface area contributed by atoms with E-state index in [1.807, 2.05) is 26.0 Å². The second-order valence-electron chi connectivity index (χ2n) is 9.84. The van der Waals surface area contributed by atoms with Crippen LogP contribution >= 0.6 is 0 Å². The maximum atomic E-state index is 13.1. The van der Waals surface area contributed by atoms with Crippen molar-refractivity contribution in [2.75, 3.05) is 19.6 Å². The molecule has 4 rings (SSSR count). The molecule has 0 aromatic heterocycles. The van der Waals surface area contributed by atoms with Gasteiger partial charge in [-0.25, -0.2) is 0 Å². The zero-order valence-corrected chi connectivity index (χ0v) is 19.6. The first-order chi connectivity index (χ1) is 15.7. The summed E-state index contributed by atoms with van der Waals surface area (Å²) in [6.45, 7) is 7.01. The van der Waals surface area contributed by atoms with Crippen molar-refractivity contribution in [3.8, 4) is 11.1 Å². The van der Waals surface area contributed by atoms with Crippen LogP contribution in [0.25, 0.3) is 11.1 Å². The summed E-state index contributed by atoms with van der Waals surface area (Å²) in [5.74, 6) is -1.20. The van der Waals surface area contributed by atoms with Crippen molar-refractivity contribution in [1.29, 1.82) is 0 Å². The van der Waals surface area contributed by atoms with E-state index < -0.39 is 11.5 Å². The molecule has 0 spiro atoms. The first-order valence-corrected chi connectivity index (χ1v) is 11.6. The van der Waals surface area contributed by atoms with Gasteiger partial charge in [-0.15, -0.1) is 0 Å². The molecule has 2 aliphatic heterocycles. The average molecular weight is 449 g/mol. The lowest BCUT2D eigenvalue weighted by Gasteiger charge is -2.24. The molecule has 2 aromatic rings. The summed E-state index contributed by atoms with van der Waals surface area (Å²) in [7, 11) is 0. The number of benzene rings is 2. The van der Waals surface area contributed by atoms with Gasteiger partial charge in [-0.3, -0.25) is 14.4 Å². The van der Waals surface area contributed by atoms with Gasteiger partial charge in [0.1, 0.15) is 5.60 Å². The number of hydrogen-bond donors (Lipinski definition) is 1. The van der Waals surface area contributed by atoms with Crippen LogP contribution < -0.4 is 5.32 Å². The highest BCUT2D eigenvalue weighted by atomic mass is 16.6. The minimum Gasteiger partial charge on any atom is -0.459 e. The van der Waals surface area contributed by atoms with E-state index in [2.05, 4.69) is 48.6 Å². The molecule has 2 aliphatic rings. The Labute approximate surface area is 195 Å². The molecule has 174 valence electrons. The zero-order valence-electron chi connectivity index (χ0n) is 19.6. The summed E-state index contributed by atoms with van der Waals surface area (Å²) >= 11 is 0. The van der Waals surface area contributed by atoms with E-state index in [1.165, 1.54) is 5.56 Å². The molecule has 2 atom stereocenters. The Bertz CT molecular complexity index is 1040. The number of aryl methyl sites for hydroxylation is 1. The maximum absolute atomic E-state index is 13.1. The van der Waals surface area contributed by atoms with E-state index in [1.54, 1.807) is 4.90 Å². The first kappa shape index (κ1) is 23.0. The summed E-state index contributed by atoms with van der Waals surface area (Å²) in [5.41, 5.74) is 3.96. The Morgan fingerprint density at radius 1 is 1.09 bits per heavy atom. The van der Waals surface area contributed by atoms with Gasteiger partial charge >= 0.3 is 5.97 Å². The number of carbonyl (C=O) groups is 3. The van der Waals surface area contributed by atoms with Crippen LogP contribution in [0.15, 0.2) is 48.5 Å². The standard InChI is InChI=1S/C27H32N2O4/c1-18-8-10-19(11-9-18)23-7-5-4-6-20(23)14-22-17-29(13-12-28-25(22)31)24(30)15-21-16-27(2,3)33-26(21)32/h4-11,21-22H,12-17H2,1-3H3,(H,28,31)/t21-,22-/m1/s1. The summed E-state index contributed by atoms with van der Waals surface area (Å²) in [6, 6.07) is 16.5. The molecular formula is C27H32N2O4. The summed E-state index contributed by atoms with van der Waals surface area (Å²) in [4.78, 5) is 39.8. The number of amides is 2. The Kier molecular flexibility index (Phi) is 6.54. The molecule has 6 heteroatoms. The predicted molar refractivity (Wildman–Crippen MR) is 126 cm³/mol. The van der Waals surface area contributed by atoms with E-state index >= 15 is 0 Å². The number of rotatable bonds is 5. The molecule has 0 bridgehead atoms. The topological polar surface area (TPSA) is 75.7 Å². The largest absolute Gasteiger partial charge is 0.459 e. The molecule has 2 saturated heterocycles. The normalized spacial score (nSPS) is 22.5. The van der Waals surface area contributed by atoms with Crippen LogP contribution in [0, 0.1) is 18.8 Å². The van der Waals surface area contributed by atoms with Crippen molar-refractivity contribution in [2.24, 2.45) is 11.8 Å². The Morgan fingerprint density at radius 2 is 1.82 bits per heavy atom. The van der Waals surface area contributed by atoms with Crippen LogP contribution in [-0.2, 0) is 25.5 Å². The summed E-state index contributed by atoms with van der Waals surface area (Å²) in [6.07, 6.45) is 1.21. The van der Waals surface area contributed by atoms with Gasteiger partial charge in [0.2, 0.25) is 11.8 Å². The number of ether oxygens (including phenoxy) is 1. The smallest absolute Gasteiger partial charge is 0.310 e. The van der Waals surface area contributed by atoms with Crippen LogP contribution in [0.1, 0.15) is 37.8 Å². The van der Waals surface area contributed by atoms with Gasteiger partial charge < -0.3 is 15.0 Å². The quantitative estimate of drug-likeness (QED) is 0.711. The number of esters is 1. The fourth-order valence-electron chi connectivity index (χ4n) is 4.83. The number of nitrogens with one attached hydrogen (secondary N) is 1. The molecule has 0 saturated carbocycles. The Balaban J connectivity index is 1.49. The van der Waals surface area contributed by atoms with Gasteiger partial charge in [0.25, 0.3) is 0 Å². The zero-order chi connectivity index (χ0) is 23.6. The van der Waals surface area contributed by atoms with Crippen molar-refractivity contribution < 1.29 is 19.1 Å². The van der Waals surface area contributed by atoms with Crippen LogP contribution in [0.2, 0.25) is 0 Å². The van der Waals surface area contributed by atoms with E-state index in [9.17, 15) is 14.4 Å². The lowest BCUT2D eigenvalue weighted by atomic mass is 9.91. The molecule has 2 amide bonds. The molecule has 2 fully saturated rings. The van der Waals surface area contributed by atoms with Crippen LogP contribution in [0.4, 0.5) is 0 Å². The number of carbonyl (C=O) groups excluding carboxylic acids is 3. The third kappa shape index (κ3) is 5.44. The second-order valence-corrected chi connectivity index (χ2v) is 9.84. The monoisotopic (exact) mass is 448 g/mol. The highest BCUT2D eigenvalue weighted by Gasteiger charge is 2.41. The fourth-order valence-corrected chi connectivity index (χ4v) is 4.83. The van der Waals surface area contributed by atoms with Crippen molar-refractivity contribution in [1.82, 2.24) is 10.2 Å². The molecule has 2 aromatic carbocycles. The predicted octanol–water partition coefficient (Wildman–Crippen LogP) is 3.51. The van der Waals surface area contributed by atoms with E-state index in [-0.39, 0.29) is 30.1 Å². The minimum absolute atomic E-state index is 0.0366. The van der Waals surface area contributed by atoms with Gasteiger partial charge in [0.05, 0.1) is 11.8 Å². The van der Waals surface area contributed by atoms with Gasteiger partial charge in [0, 0.05) is 32.5 Å². The maximum Gasteiger partial charge on any atom is 0.310 e. The van der Waals surface area contributed by atoms with Gasteiger partial charge in [-0.1, -0.05) is 54.1 Å². The summed E-state index contributed by atoms with van der Waals surface area (Å²) in [5, 5.41) is 2.96. The van der Waals surface area contributed by atoms with Gasteiger partial charge in [0.15, 0.2) is 0 Å². The third-order valence-corrected chi connectivity index (χ3v) is 6.56. The van der Waals surface area contributed by atoms with Crippen molar-refractivity contribution >= 4 is 17.8 Å². The Morgan fingerprint density at radius 3 is 2.52 bits per heavy atom. The lowest BCUT2D eigenvalue weighted by Crippen LogP contribution is -2.38. The highest BCUT2D eigenvalue weighted by molar-refractivity contribution is 5.86. The van der Waals surface area contributed by atoms with Gasteiger partial charge in [-0.05, 0) is 43.9 Å². The molecule has 2 heterocycles. The number of nitrogens with zero attached hydrogens (tertiary/aromatic N) is 1. The van der Waals surface area contributed by atoms with Crippen molar-refractivity contribution in [2.45, 2.75) is 45.6 Å². The van der Waals surface area contributed by atoms with Gasteiger partial charge in [-0.2, -0.15) is 0 Å². The van der Waals surface area contributed by atoms with Crippen LogP contribution in [-0.4, -0.2) is 47.9 Å². The fraction of sp³-hybridized carbons (Fsp3) is 0.444. The molecule has 33 heavy (non-hydrogen) atoms. The average Bonchev–Trinajstić information content (AvgIpc) is 2.91. The highest BCUT2D eigenvalue weighted by Crippen LogP contribution is 2.33. The summed E-state index contributed by atoms with van der Waals surface area (Å²) < 4.78 is 5.38.